The molecule has 0 saturated heterocycles. The van der Waals surface area contributed by atoms with Crippen LogP contribution >= 0.6 is 0 Å². The van der Waals surface area contributed by atoms with Crippen LogP contribution in [0.2, 0.25) is 0 Å². The lowest BCUT2D eigenvalue weighted by atomic mass is 9.77. The van der Waals surface area contributed by atoms with E-state index in [2.05, 4.69) is 11.5 Å². The second-order valence-corrected chi connectivity index (χ2v) is 5.87. The Morgan fingerprint density at radius 3 is 2.63 bits per heavy atom. The Hall–Kier alpha value is -1.35. The van der Waals surface area contributed by atoms with Crippen molar-refractivity contribution < 1.29 is 4.39 Å². The SMILES string of the molecule is Cc1c(C2(CN)CCCC2)c2ccc(F)cc2n1C. The fraction of sp³-hybridized carbons (Fsp3) is 0.500. The molecule has 1 fully saturated rings. The van der Waals surface area contributed by atoms with E-state index in [0.717, 1.165) is 18.4 Å². The molecule has 0 atom stereocenters. The number of hydrogen-bond acceptors (Lipinski definition) is 1. The van der Waals surface area contributed by atoms with Crippen molar-refractivity contribution in [1.29, 1.82) is 0 Å². The zero-order valence-corrected chi connectivity index (χ0v) is 11.7. The quantitative estimate of drug-likeness (QED) is 0.881. The number of nitrogens with zero attached hydrogens (tertiary/aromatic N) is 1. The Kier molecular flexibility index (Phi) is 2.90. The summed E-state index contributed by atoms with van der Waals surface area (Å²) in [4.78, 5) is 0. The number of hydrogen-bond donors (Lipinski definition) is 1. The van der Waals surface area contributed by atoms with Gasteiger partial charge in [0.2, 0.25) is 0 Å². The van der Waals surface area contributed by atoms with E-state index in [9.17, 15) is 4.39 Å². The predicted octanol–water partition coefficient (Wildman–Crippen LogP) is 3.40. The molecule has 1 heterocycles. The molecule has 0 spiro atoms. The van der Waals surface area contributed by atoms with Gasteiger partial charge in [-0.3, -0.25) is 0 Å². The summed E-state index contributed by atoms with van der Waals surface area (Å²) < 4.78 is 15.6. The van der Waals surface area contributed by atoms with E-state index in [4.69, 9.17) is 5.73 Å². The average molecular weight is 260 g/mol. The molecule has 1 aromatic carbocycles. The van der Waals surface area contributed by atoms with Gasteiger partial charge in [-0.1, -0.05) is 12.8 Å². The van der Waals surface area contributed by atoms with Crippen LogP contribution in [0.15, 0.2) is 18.2 Å². The lowest BCUT2D eigenvalue weighted by molar-refractivity contribution is 0.453. The summed E-state index contributed by atoms with van der Waals surface area (Å²) in [6, 6.07) is 5.11. The summed E-state index contributed by atoms with van der Waals surface area (Å²) in [5.41, 5.74) is 9.78. The largest absolute Gasteiger partial charge is 0.348 e. The number of aryl methyl sites for hydroxylation is 1. The third-order valence-electron chi connectivity index (χ3n) is 4.94. The maximum atomic E-state index is 13.5. The van der Waals surface area contributed by atoms with Crippen LogP contribution in [0.1, 0.15) is 36.9 Å². The monoisotopic (exact) mass is 260 g/mol. The van der Waals surface area contributed by atoms with E-state index >= 15 is 0 Å². The second kappa shape index (κ2) is 4.34. The van der Waals surface area contributed by atoms with Gasteiger partial charge in [0.15, 0.2) is 0 Å². The Bertz CT molecular complexity index is 621. The summed E-state index contributed by atoms with van der Waals surface area (Å²) in [7, 11) is 2.01. The molecule has 1 aliphatic rings. The van der Waals surface area contributed by atoms with Gasteiger partial charge >= 0.3 is 0 Å². The van der Waals surface area contributed by atoms with Crippen LogP contribution in [-0.2, 0) is 12.5 Å². The summed E-state index contributed by atoms with van der Waals surface area (Å²) in [6.07, 6.45) is 4.80. The van der Waals surface area contributed by atoms with Gasteiger partial charge in [0.05, 0.1) is 5.52 Å². The molecule has 102 valence electrons. The van der Waals surface area contributed by atoms with Crippen molar-refractivity contribution in [3.05, 3.63) is 35.3 Å². The van der Waals surface area contributed by atoms with Crippen molar-refractivity contribution in [2.24, 2.45) is 12.8 Å². The summed E-state index contributed by atoms with van der Waals surface area (Å²) in [5.74, 6) is -0.173. The van der Waals surface area contributed by atoms with Crippen molar-refractivity contribution in [3.63, 3.8) is 0 Å². The number of fused-ring (bicyclic) bond motifs is 1. The van der Waals surface area contributed by atoms with Gasteiger partial charge in [0, 0.05) is 30.1 Å². The molecule has 1 aromatic heterocycles. The van der Waals surface area contributed by atoms with Gasteiger partial charge in [0.25, 0.3) is 0 Å². The molecule has 2 N–H and O–H groups in total. The topological polar surface area (TPSA) is 30.9 Å². The third kappa shape index (κ3) is 1.71. The standard InChI is InChI=1S/C16H21FN2/c1-11-15(16(10-18)7-3-4-8-16)13-6-5-12(17)9-14(13)19(11)2/h5-6,9H,3-4,7-8,10,18H2,1-2H3. The highest BCUT2D eigenvalue weighted by molar-refractivity contribution is 5.87. The molecule has 2 aromatic rings. The van der Waals surface area contributed by atoms with E-state index in [1.54, 1.807) is 12.1 Å². The summed E-state index contributed by atoms with van der Waals surface area (Å²) in [6.45, 7) is 2.81. The van der Waals surface area contributed by atoms with Crippen LogP contribution in [0.3, 0.4) is 0 Å². The average Bonchev–Trinajstić information content (AvgIpc) is 2.97. The minimum Gasteiger partial charge on any atom is -0.348 e. The first-order valence-electron chi connectivity index (χ1n) is 7.04. The summed E-state index contributed by atoms with van der Waals surface area (Å²) in [5, 5.41) is 1.17. The van der Waals surface area contributed by atoms with E-state index < -0.39 is 0 Å². The molecular formula is C16H21FN2. The number of halogens is 1. The fourth-order valence-electron chi connectivity index (χ4n) is 3.81. The van der Waals surface area contributed by atoms with Crippen molar-refractivity contribution in [2.45, 2.75) is 38.0 Å². The Morgan fingerprint density at radius 2 is 2.00 bits per heavy atom. The second-order valence-electron chi connectivity index (χ2n) is 5.87. The van der Waals surface area contributed by atoms with Gasteiger partial charge in [0.1, 0.15) is 5.82 Å². The van der Waals surface area contributed by atoms with Gasteiger partial charge < -0.3 is 10.3 Å². The molecule has 1 saturated carbocycles. The maximum Gasteiger partial charge on any atom is 0.125 e. The molecule has 0 amide bonds. The molecule has 1 aliphatic carbocycles. The molecule has 2 nitrogen and oxygen atoms in total. The zero-order chi connectivity index (χ0) is 13.6. The third-order valence-corrected chi connectivity index (χ3v) is 4.94. The van der Waals surface area contributed by atoms with Crippen molar-refractivity contribution in [3.8, 4) is 0 Å². The molecule has 3 heteroatoms. The molecule has 3 rings (SSSR count). The van der Waals surface area contributed by atoms with E-state index in [0.29, 0.717) is 6.54 Å². The predicted molar refractivity (Wildman–Crippen MR) is 76.8 cm³/mol. The fourth-order valence-corrected chi connectivity index (χ4v) is 3.81. The van der Waals surface area contributed by atoms with Gasteiger partial charge in [-0.05, 0) is 43.5 Å². The van der Waals surface area contributed by atoms with Crippen LogP contribution in [0.4, 0.5) is 4.39 Å². The van der Waals surface area contributed by atoms with Crippen LogP contribution in [0, 0.1) is 12.7 Å². The van der Waals surface area contributed by atoms with Crippen LogP contribution in [0.5, 0.6) is 0 Å². The smallest absolute Gasteiger partial charge is 0.125 e. The summed E-state index contributed by atoms with van der Waals surface area (Å²) >= 11 is 0. The van der Waals surface area contributed by atoms with Crippen LogP contribution < -0.4 is 5.73 Å². The Morgan fingerprint density at radius 1 is 1.32 bits per heavy atom. The lowest BCUT2D eigenvalue weighted by Gasteiger charge is -2.28. The molecule has 0 bridgehead atoms. The van der Waals surface area contributed by atoms with Gasteiger partial charge in [-0.15, -0.1) is 0 Å². The molecule has 0 unspecified atom stereocenters. The highest BCUT2D eigenvalue weighted by atomic mass is 19.1. The number of aromatic nitrogens is 1. The van der Waals surface area contributed by atoms with Crippen molar-refractivity contribution in [1.82, 2.24) is 4.57 Å². The lowest BCUT2D eigenvalue weighted by Crippen LogP contribution is -2.32. The maximum absolute atomic E-state index is 13.5. The molecule has 0 aliphatic heterocycles. The normalized spacial score (nSPS) is 18.3. The van der Waals surface area contributed by atoms with Gasteiger partial charge in [-0.2, -0.15) is 0 Å². The van der Waals surface area contributed by atoms with Crippen LogP contribution in [0.25, 0.3) is 10.9 Å². The van der Waals surface area contributed by atoms with E-state index in [1.165, 1.54) is 29.5 Å². The number of rotatable bonds is 2. The minimum atomic E-state index is -0.173. The minimum absolute atomic E-state index is 0.0986. The van der Waals surface area contributed by atoms with Gasteiger partial charge in [-0.25, -0.2) is 4.39 Å². The number of benzene rings is 1. The zero-order valence-electron chi connectivity index (χ0n) is 11.7. The van der Waals surface area contributed by atoms with E-state index in [-0.39, 0.29) is 11.2 Å². The highest BCUT2D eigenvalue weighted by Crippen LogP contribution is 2.45. The molecular weight excluding hydrogens is 239 g/mol. The van der Waals surface area contributed by atoms with Crippen molar-refractivity contribution >= 4 is 10.9 Å². The first kappa shape index (κ1) is 12.7. The molecule has 0 radical (unpaired) electrons. The van der Waals surface area contributed by atoms with E-state index in [1.807, 2.05) is 13.1 Å². The molecule has 19 heavy (non-hydrogen) atoms. The van der Waals surface area contributed by atoms with Crippen molar-refractivity contribution in [2.75, 3.05) is 6.54 Å². The Labute approximate surface area is 113 Å². The first-order valence-corrected chi connectivity index (χ1v) is 7.04. The number of nitrogens with two attached hydrogens (primary N) is 1. The Balaban J connectivity index is 2.31. The van der Waals surface area contributed by atoms with Crippen LogP contribution in [-0.4, -0.2) is 11.1 Å². The highest BCUT2D eigenvalue weighted by Gasteiger charge is 2.38. The first-order chi connectivity index (χ1) is 9.09.